The lowest BCUT2D eigenvalue weighted by Gasteiger charge is -2.07. The first-order valence-electron chi connectivity index (χ1n) is 5.29. The zero-order chi connectivity index (χ0) is 11.5. The maximum absolute atomic E-state index is 9.22. The molecule has 0 bridgehead atoms. The van der Waals surface area contributed by atoms with Crippen LogP contribution in [-0.2, 0) is 6.54 Å². The third kappa shape index (κ3) is 2.07. The van der Waals surface area contributed by atoms with Gasteiger partial charge in [-0.05, 0) is 41.3 Å². The van der Waals surface area contributed by atoms with Crippen LogP contribution in [0.2, 0.25) is 0 Å². The fourth-order valence-electron chi connectivity index (χ4n) is 1.76. The summed E-state index contributed by atoms with van der Waals surface area (Å²) in [7, 11) is 0. The molecule has 2 rings (SSSR count). The summed E-state index contributed by atoms with van der Waals surface area (Å²) in [6.07, 6.45) is 0. The molecule has 0 heterocycles. The van der Waals surface area contributed by atoms with Crippen molar-refractivity contribution >= 4 is 0 Å². The Morgan fingerprint density at radius 3 is 2.19 bits per heavy atom. The van der Waals surface area contributed by atoms with Crippen LogP contribution in [0.15, 0.2) is 42.5 Å². The van der Waals surface area contributed by atoms with Crippen LogP contribution in [0.5, 0.6) is 5.75 Å². The second kappa shape index (κ2) is 4.37. The topological polar surface area (TPSA) is 46.2 Å². The highest BCUT2D eigenvalue weighted by atomic mass is 16.3. The van der Waals surface area contributed by atoms with Gasteiger partial charge in [0.15, 0.2) is 0 Å². The molecule has 0 aliphatic heterocycles. The predicted octanol–water partition coefficient (Wildman–Crippen LogP) is 2.83. The maximum atomic E-state index is 9.22. The Morgan fingerprint density at radius 2 is 1.62 bits per heavy atom. The number of aromatic hydroxyl groups is 1. The fraction of sp³-hybridized carbons (Fsp3) is 0.143. The Morgan fingerprint density at radius 1 is 1.00 bits per heavy atom. The van der Waals surface area contributed by atoms with Crippen LogP contribution >= 0.6 is 0 Å². The number of hydrogen-bond donors (Lipinski definition) is 2. The van der Waals surface area contributed by atoms with Gasteiger partial charge in [-0.2, -0.15) is 0 Å². The van der Waals surface area contributed by atoms with E-state index < -0.39 is 0 Å². The van der Waals surface area contributed by atoms with Gasteiger partial charge in [0.1, 0.15) is 5.75 Å². The lowest BCUT2D eigenvalue weighted by atomic mass is 10.00. The van der Waals surface area contributed by atoms with E-state index in [2.05, 4.69) is 25.1 Å². The highest BCUT2D eigenvalue weighted by Crippen LogP contribution is 2.23. The molecule has 82 valence electrons. The molecule has 0 spiro atoms. The molecule has 2 aromatic rings. The Balaban J connectivity index is 2.41. The molecule has 3 N–H and O–H groups in total. The molecular weight excluding hydrogens is 198 g/mol. The van der Waals surface area contributed by atoms with Crippen LogP contribution in [0, 0.1) is 6.92 Å². The van der Waals surface area contributed by atoms with Crippen molar-refractivity contribution < 1.29 is 5.11 Å². The van der Waals surface area contributed by atoms with Gasteiger partial charge in [-0.1, -0.05) is 30.3 Å². The van der Waals surface area contributed by atoms with Crippen LogP contribution in [0.4, 0.5) is 0 Å². The van der Waals surface area contributed by atoms with Crippen LogP contribution in [0.3, 0.4) is 0 Å². The van der Waals surface area contributed by atoms with Gasteiger partial charge < -0.3 is 10.8 Å². The summed E-state index contributed by atoms with van der Waals surface area (Å²) in [4.78, 5) is 0. The van der Waals surface area contributed by atoms with Crippen molar-refractivity contribution in [2.75, 3.05) is 0 Å². The van der Waals surface area contributed by atoms with Gasteiger partial charge in [-0.15, -0.1) is 0 Å². The molecule has 0 radical (unpaired) electrons. The number of phenolic OH excluding ortho intramolecular Hbond substituents is 1. The molecular formula is C14H15NO. The second-order valence-corrected chi connectivity index (χ2v) is 3.89. The van der Waals surface area contributed by atoms with E-state index in [0.29, 0.717) is 12.3 Å². The van der Waals surface area contributed by atoms with Crippen LogP contribution in [0.25, 0.3) is 11.1 Å². The summed E-state index contributed by atoms with van der Waals surface area (Å²) in [5, 5.41) is 9.22. The molecule has 0 saturated heterocycles. The molecule has 2 heteroatoms. The molecule has 0 unspecified atom stereocenters. The Labute approximate surface area is 95.4 Å². The highest BCUT2D eigenvalue weighted by molar-refractivity contribution is 5.65. The molecule has 0 aliphatic rings. The molecule has 0 aromatic heterocycles. The standard InChI is InChI=1S/C14H15NO/c1-10-8-12(2-3-13(10)9-15)11-4-6-14(16)7-5-11/h2-8,16H,9,15H2,1H3. The monoisotopic (exact) mass is 213 g/mol. The molecule has 2 nitrogen and oxygen atoms in total. The van der Waals surface area contributed by atoms with E-state index in [1.807, 2.05) is 12.1 Å². The van der Waals surface area contributed by atoms with Crippen LogP contribution in [0.1, 0.15) is 11.1 Å². The second-order valence-electron chi connectivity index (χ2n) is 3.89. The van der Waals surface area contributed by atoms with Gasteiger partial charge in [-0.3, -0.25) is 0 Å². The largest absolute Gasteiger partial charge is 0.508 e. The summed E-state index contributed by atoms with van der Waals surface area (Å²) in [5.41, 5.74) is 10.2. The van der Waals surface area contributed by atoms with E-state index in [0.717, 1.165) is 11.1 Å². The minimum Gasteiger partial charge on any atom is -0.508 e. The molecule has 0 amide bonds. The molecule has 0 saturated carbocycles. The van der Waals surface area contributed by atoms with Crippen LogP contribution < -0.4 is 5.73 Å². The predicted molar refractivity (Wildman–Crippen MR) is 66.2 cm³/mol. The minimum absolute atomic E-state index is 0.291. The maximum Gasteiger partial charge on any atom is 0.115 e. The van der Waals surface area contributed by atoms with E-state index in [1.54, 1.807) is 12.1 Å². The quantitative estimate of drug-likeness (QED) is 0.805. The lowest BCUT2D eigenvalue weighted by molar-refractivity contribution is 0.475. The summed E-state index contributed by atoms with van der Waals surface area (Å²) in [6.45, 7) is 2.63. The fourth-order valence-corrected chi connectivity index (χ4v) is 1.76. The summed E-state index contributed by atoms with van der Waals surface area (Å²) in [5.74, 6) is 0.291. The highest BCUT2D eigenvalue weighted by Gasteiger charge is 2.01. The van der Waals surface area contributed by atoms with E-state index in [-0.39, 0.29) is 0 Å². The van der Waals surface area contributed by atoms with Gasteiger partial charge in [0.25, 0.3) is 0 Å². The SMILES string of the molecule is Cc1cc(-c2ccc(O)cc2)ccc1CN. The minimum atomic E-state index is 0.291. The smallest absolute Gasteiger partial charge is 0.115 e. The first-order chi connectivity index (χ1) is 7.70. The van der Waals surface area contributed by atoms with Crippen molar-refractivity contribution in [2.45, 2.75) is 13.5 Å². The van der Waals surface area contributed by atoms with Gasteiger partial charge in [-0.25, -0.2) is 0 Å². The van der Waals surface area contributed by atoms with Gasteiger partial charge in [0.05, 0.1) is 0 Å². The van der Waals surface area contributed by atoms with Crippen molar-refractivity contribution in [2.24, 2.45) is 5.73 Å². The number of phenols is 1. The van der Waals surface area contributed by atoms with Crippen molar-refractivity contribution in [1.29, 1.82) is 0 Å². The molecule has 0 atom stereocenters. The Bertz CT molecular complexity index is 489. The van der Waals surface area contributed by atoms with E-state index in [9.17, 15) is 5.11 Å². The first-order valence-corrected chi connectivity index (χ1v) is 5.29. The Hall–Kier alpha value is -1.80. The normalized spacial score (nSPS) is 10.4. The molecule has 2 aromatic carbocycles. The zero-order valence-electron chi connectivity index (χ0n) is 9.27. The summed E-state index contributed by atoms with van der Waals surface area (Å²) >= 11 is 0. The van der Waals surface area contributed by atoms with Gasteiger partial charge in [0.2, 0.25) is 0 Å². The summed E-state index contributed by atoms with van der Waals surface area (Å²) < 4.78 is 0. The molecule has 0 aliphatic carbocycles. The number of aryl methyl sites for hydroxylation is 1. The van der Waals surface area contributed by atoms with Crippen molar-refractivity contribution in [3.8, 4) is 16.9 Å². The van der Waals surface area contributed by atoms with Gasteiger partial charge >= 0.3 is 0 Å². The van der Waals surface area contributed by atoms with Gasteiger partial charge in [0, 0.05) is 6.54 Å². The number of rotatable bonds is 2. The third-order valence-corrected chi connectivity index (χ3v) is 2.76. The molecule has 0 fully saturated rings. The molecule has 16 heavy (non-hydrogen) atoms. The van der Waals surface area contributed by atoms with E-state index in [4.69, 9.17) is 5.73 Å². The third-order valence-electron chi connectivity index (χ3n) is 2.76. The summed E-state index contributed by atoms with van der Waals surface area (Å²) in [6, 6.07) is 13.4. The average molecular weight is 213 g/mol. The number of hydrogen-bond acceptors (Lipinski definition) is 2. The van der Waals surface area contributed by atoms with E-state index >= 15 is 0 Å². The number of nitrogens with two attached hydrogens (primary N) is 1. The lowest BCUT2D eigenvalue weighted by Crippen LogP contribution is -1.98. The van der Waals surface area contributed by atoms with Crippen molar-refractivity contribution in [1.82, 2.24) is 0 Å². The first kappa shape index (κ1) is 10.7. The average Bonchev–Trinajstić information content (AvgIpc) is 2.30. The van der Waals surface area contributed by atoms with Crippen molar-refractivity contribution in [3.05, 3.63) is 53.6 Å². The Kier molecular flexibility index (Phi) is 2.93. The van der Waals surface area contributed by atoms with Crippen molar-refractivity contribution in [3.63, 3.8) is 0 Å². The van der Waals surface area contributed by atoms with Crippen LogP contribution in [-0.4, -0.2) is 5.11 Å². The zero-order valence-corrected chi connectivity index (χ0v) is 9.27. The van der Waals surface area contributed by atoms with E-state index in [1.165, 1.54) is 11.1 Å². The number of benzene rings is 2.